The number of hydrogen-bond acceptors (Lipinski definition) is 4. The van der Waals surface area contributed by atoms with Crippen molar-refractivity contribution < 1.29 is 14.7 Å². The molecule has 0 aliphatic carbocycles. The van der Waals surface area contributed by atoms with Crippen LogP contribution in [0, 0.1) is 0 Å². The molecule has 0 saturated heterocycles. The fourth-order valence-electron chi connectivity index (χ4n) is 1.70. The molecule has 0 spiro atoms. The molecule has 0 bridgehead atoms. The molecule has 0 aliphatic rings. The number of likely N-dealkylation sites (N-methyl/N-ethyl adjacent to an activating group) is 1. The standard InChI is InChI=1S/C15H21N3O3/c1-16-10-13(14(19)17-8-9-18(2)3)11-4-6-12(7-5-11)15(20)21/h4-7,10,16H,8-9H2,1-3H3,(H,17,19)(H,20,21)/b13-10-. The largest absolute Gasteiger partial charge is 0.478 e. The topological polar surface area (TPSA) is 81.7 Å². The summed E-state index contributed by atoms with van der Waals surface area (Å²) in [5.41, 5.74) is 1.32. The fraction of sp³-hybridized carbons (Fsp3) is 0.333. The molecular weight excluding hydrogens is 270 g/mol. The predicted octanol–water partition coefficient (Wildman–Crippen LogP) is 0.623. The Labute approximate surface area is 124 Å². The highest BCUT2D eigenvalue weighted by Crippen LogP contribution is 2.15. The lowest BCUT2D eigenvalue weighted by Gasteiger charge is -2.12. The summed E-state index contributed by atoms with van der Waals surface area (Å²) in [4.78, 5) is 25.0. The van der Waals surface area contributed by atoms with Crippen molar-refractivity contribution in [3.05, 3.63) is 41.6 Å². The Bertz CT molecular complexity index is 521. The van der Waals surface area contributed by atoms with E-state index in [2.05, 4.69) is 10.6 Å². The number of carboxylic acid groups (broad SMARTS) is 1. The van der Waals surface area contributed by atoms with E-state index in [1.54, 1.807) is 25.4 Å². The van der Waals surface area contributed by atoms with Crippen LogP contribution in [0.2, 0.25) is 0 Å². The van der Waals surface area contributed by atoms with Gasteiger partial charge in [-0.15, -0.1) is 0 Å². The van der Waals surface area contributed by atoms with Gasteiger partial charge in [-0.25, -0.2) is 4.79 Å². The zero-order valence-electron chi connectivity index (χ0n) is 12.5. The molecule has 0 unspecified atom stereocenters. The summed E-state index contributed by atoms with van der Waals surface area (Å²) < 4.78 is 0. The second-order valence-electron chi connectivity index (χ2n) is 4.79. The molecule has 0 fully saturated rings. The van der Waals surface area contributed by atoms with E-state index in [4.69, 9.17) is 5.11 Å². The third-order valence-corrected chi connectivity index (χ3v) is 2.82. The van der Waals surface area contributed by atoms with Crippen LogP contribution in [0.25, 0.3) is 5.57 Å². The van der Waals surface area contributed by atoms with Gasteiger partial charge in [-0.3, -0.25) is 4.79 Å². The van der Waals surface area contributed by atoms with Gasteiger partial charge in [-0.2, -0.15) is 0 Å². The molecule has 6 heteroatoms. The minimum Gasteiger partial charge on any atom is -0.478 e. The van der Waals surface area contributed by atoms with Gasteiger partial charge in [-0.1, -0.05) is 12.1 Å². The van der Waals surface area contributed by atoms with Crippen molar-refractivity contribution in [3.63, 3.8) is 0 Å². The Morgan fingerprint density at radius 2 is 1.76 bits per heavy atom. The SMILES string of the molecule is CN/C=C(\C(=O)NCCN(C)C)c1ccc(C(=O)O)cc1. The fourth-order valence-corrected chi connectivity index (χ4v) is 1.70. The Kier molecular flexibility index (Phi) is 6.42. The maximum Gasteiger partial charge on any atom is 0.335 e. The first-order valence-electron chi connectivity index (χ1n) is 6.59. The summed E-state index contributed by atoms with van der Waals surface area (Å²) in [6.07, 6.45) is 1.60. The zero-order valence-corrected chi connectivity index (χ0v) is 12.5. The van der Waals surface area contributed by atoms with E-state index < -0.39 is 5.97 Å². The molecule has 6 nitrogen and oxygen atoms in total. The number of nitrogens with zero attached hydrogens (tertiary/aromatic N) is 1. The maximum atomic E-state index is 12.2. The number of nitrogens with one attached hydrogen (secondary N) is 2. The van der Waals surface area contributed by atoms with Crippen molar-refractivity contribution >= 4 is 17.4 Å². The molecule has 1 rings (SSSR count). The van der Waals surface area contributed by atoms with Crippen LogP contribution in [0.4, 0.5) is 0 Å². The molecule has 0 atom stereocenters. The minimum absolute atomic E-state index is 0.190. The third-order valence-electron chi connectivity index (χ3n) is 2.82. The number of carboxylic acids is 1. The van der Waals surface area contributed by atoms with E-state index in [-0.39, 0.29) is 11.5 Å². The molecule has 114 valence electrons. The van der Waals surface area contributed by atoms with Crippen molar-refractivity contribution in [2.75, 3.05) is 34.2 Å². The molecule has 3 N–H and O–H groups in total. The van der Waals surface area contributed by atoms with Gasteiger partial charge in [0.05, 0.1) is 11.1 Å². The first-order valence-corrected chi connectivity index (χ1v) is 6.59. The second kappa shape index (κ2) is 8.06. The lowest BCUT2D eigenvalue weighted by molar-refractivity contribution is -0.115. The van der Waals surface area contributed by atoms with E-state index in [0.717, 1.165) is 6.54 Å². The molecule has 1 aromatic carbocycles. The summed E-state index contributed by atoms with van der Waals surface area (Å²) in [5.74, 6) is -1.19. The van der Waals surface area contributed by atoms with Crippen molar-refractivity contribution in [1.29, 1.82) is 0 Å². The summed E-state index contributed by atoms with van der Waals surface area (Å²) in [6.45, 7) is 1.29. The van der Waals surface area contributed by atoms with Gasteiger partial charge in [0.1, 0.15) is 0 Å². The van der Waals surface area contributed by atoms with Crippen LogP contribution in [0.15, 0.2) is 30.5 Å². The number of benzene rings is 1. The van der Waals surface area contributed by atoms with E-state index in [1.165, 1.54) is 12.1 Å². The normalized spacial score (nSPS) is 11.3. The molecule has 21 heavy (non-hydrogen) atoms. The maximum absolute atomic E-state index is 12.2. The number of amides is 1. The van der Waals surface area contributed by atoms with E-state index in [9.17, 15) is 9.59 Å². The summed E-state index contributed by atoms with van der Waals surface area (Å²) in [5, 5.41) is 14.5. The van der Waals surface area contributed by atoms with Gasteiger partial charge >= 0.3 is 5.97 Å². The summed E-state index contributed by atoms with van der Waals surface area (Å²) in [7, 11) is 5.57. The van der Waals surface area contributed by atoms with E-state index in [1.807, 2.05) is 19.0 Å². The molecule has 0 radical (unpaired) electrons. The lowest BCUT2D eigenvalue weighted by Crippen LogP contribution is -2.32. The summed E-state index contributed by atoms with van der Waals surface area (Å²) >= 11 is 0. The first-order chi connectivity index (χ1) is 9.95. The lowest BCUT2D eigenvalue weighted by atomic mass is 10.0. The van der Waals surface area contributed by atoms with Crippen molar-refractivity contribution in [2.24, 2.45) is 0 Å². The van der Waals surface area contributed by atoms with Crippen LogP contribution in [0.3, 0.4) is 0 Å². The molecule has 0 aromatic heterocycles. The minimum atomic E-state index is -0.990. The van der Waals surface area contributed by atoms with Gasteiger partial charge in [-0.05, 0) is 31.8 Å². The van der Waals surface area contributed by atoms with Gasteiger partial charge < -0.3 is 20.6 Å². The Morgan fingerprint density at radius 1 is 1.19 bits per heavy atom. The average molecular weight is 291 g/mol. The highest BCUT2D eigenvalue weighted by molar-refractivity contribution is 6.19. The number of rotatable bonds is 7. The number of carbonyl (C=O) groups excluding carboxylic acids is 1. The number of hydrogen-bond donors (Lipinski definition) is 3. The van der Waals surface area contributed by atoms with Crippen LogP contribution in [-0.2, 0) is 4.79 Å². The summed E-state index contributed by atoms with van der Waals surface area (Å²) in [6, 6.07) is 6.21. The molecule has 0 saturated carbocycles. The van der Waals surface area contributed by atoms with E-state index >= 15 is 0 Å². The molecule has 0 heterocycles. The average Bonchev–Trinajstić information content (AvgIpc) is 2.44. The monoisotopic (exact) mass is 291 g/mol. The first kappa shape index (κ1) is 16.7. The van der Waals surface area contributed by atoms with Crippen LogP contribution in [0.5, 0.6) is 0 Å². The number of carbonyl (C=O) groups is 2. The Morgan fingerprint density at radius 3 is 2.24 bits per heavy atom. The quantitative estimate of drug-likeness (QED) is 0.642. The second-order valence-corrected chi connectivity index (χ2v) is 4.79. The smallest absolute Gasteiger partial charge is 0.335 e. The van der Waals surface area contributed by atoms with Crippen LogP contribution in [-0.4, -0.2) is 56.1 Å². The third kappa shape index (κ3) is 5.27. The van der Waals surface area contributed by atoms with Crippen LogP contribution >= 0.6 is 0 Å². The van der Waals surface area contributed by atoms with Gasteiger partial charge in [0.2, 0.25) is 0 Å². The number of aromatic carboxylic acids is 1. The van der Waals surface area contributed by atoms with Crippen molar-refractivity contribution in [1.82, 2.24) is 15.5 Å². The van der Waals surface area contributed by atoms with Crippen molar-refractivity contribution in [2.45, 2.75) is 0 Å². The van der Waals surface area contributed by atoms with Crippen LogP contribution in [0.1, 0.15) is 15.9 Å². The van der Waals surface area contributed by atoms with E-state index in [0.29, 0.717) is 17.7 Å². The van der Waals surface area contributed by atoms with Crippen LogP contribution < -0.4 is 10.6 Å². The highest BCUT2D eigenvalue weighted by Gasteiger charge is 2.12. The highest BCUT2D eigenvalue weighted by atomic mass is 16.4. The Balaban J connectivity index is 2.84. The van der Waals surface area contributed by atoms with Gasteiger partial charge in [0.15, 0.2) is 0 Å². The molecule has 1 aromatic rings. The molecular formula is C15H21N3O3. The zero-order chi connectivity index (χ0) is 15.8. The van der Waals surface area contributed by atoms with Crippen molar-refractivity contribution in [3.8, 4) is 0 Å². The Hall–Kier alpha value is -2.34. The molecule has 0 aliphatic heterocycles. The van der Waals surface area contributed by atoms with Gasteiger partial charge in [0, 0.05) is 26.3 Å². The predicted molar refractivity (Wildman–Crippen MR) is 82.0 cm³/mol. The van der Waals surface area contributed by atoms with Gasteiger partial charge in [0.25, 0.3) is 5.91 Å². The molecule has 1 amide bonds.